The summed E-state index contributed by atoms with van der Waals surface area (Å²) < 4.78 is 0. The molecule has 0 saturated heterocycles. The smallest absolute Gasteiger partial charge is 0.134 e. The van der Waals surface area contributed by atoms with Crippen molar-refractivity contribution in [1.82, 2.24) is 9.97 Å². The van der Waals surface area contributed by atoms with Gasteiger partial charge in [-0.3, -0.25) is 0 Å². The topological polar surface area (TPSA) is 67.1 Å². The van der Waals surface area contributed by atoms with Crippen LogP contribution in [-0.4, -0.2) is 36.1 Å². The zero-order valence-electron chi connectivity index (χ0n) is 12.8. The molecule has 0 saturated carbocycles. The Morgan fingerprint density at radius 3 is 2.58 bits per heavy atom. The molecular weight excluding hydrogens is 238 g/mol. The summed E-state index contributed by atoms with van der Waals surface area (Å²) in [4.78, 5) is 10.9. The average molecular weight is 265 g/mol. The van der Waals surface area contributed by atoms with E-state index in [0.717, 1.165) is 37.0 Å². The number of nitrogens with zero attached hydrogens (tertiary/aromatic N) is 3. The van der Waals surface area contributed by atoms with Gasteiger partial charge in [0.2, 0.25) is 0 Å². The number of anilines is 2. The predicted octanol–water partition coefficient (Wildman–Crippen LogP) is 2.03. The lowest BCUT2D eigenvalue weighted by molar-refractivity contribution is 0.606. The van der Waals surface area contributed by atoms with Crippen molar-refractivity contribution in [3.63, 3.8) is 0 Å². The van der Waals surface area contributed by atoms with Gasteiger partial charge in [-0.2, -0.15) is 0 Å². The Morgan fingerprint density at radius 2 is 2.00 bits per heavy atom. The second-order valence-corrected chi connectivity index (χ2v) is 5.63. The summed E-state index contributed by atoms with van der Waals surface area (Å²) in [7, 11) is 2.00. The lowest BCUT2D eigenvalue weighted by atomic mass is 10.1. The van der Waals surface area contributed by atoms with Crippen molar-refractivity contribution in [2.24, 2.45) is 11.7 Å². The molecule has 1 aromatic rings. The van der Waals surface area contributed by atoms with Gasteiger partial charge in [0.1, 0.15) is 17.5 Å². The zero-order chi connectivity index (χ0) is 14.4. The van der Waals surface area contributed by atoms with Crippen LogP contribution in [0.2, 0.25) is 0 Å². The molecule has 0 spiro atoms. The molecule has 1 heterocycles. The maximum atomic E-state index is 5.82. The Hall–Kier alpha value is -1.36. The van der Waals surface area contributed by atoms with Crippen LogP contribution >= 0.6 is 0 Å². The van der Waals surface area contributed by atoms with Crippen molar-refractivity contribution in [3.05, 3.63) is 11.9 Å². The average Bonchev–Trinajstić information content (AvgIpc) is 2.26. The zero-order valence-corrected chi connectivity index (χ0v) is 12.8. The van der Waals surface area contributed by atoms with E-state index in [1.54, 1.807) is 0 Å². The van der Waals surface area contributed by atoms with Crippen LogP contribution in [0.3, 0.4) is 0 Å². The molecule has 0 aliphatic rings. The molecule has 19 heavy (non-hydrogen) atoms. The highest BCUT2D eigenvalue weighted by atomic mass is 15.2. The highest BCUT2D eigenvalue weighted by molar-refractivity contribution is 5.49. The lowest BCUT2D eigenvalue weighted by Gasteiger charge is -2.21. The third-order valence-electron chi connectivity index (χ3n) is 2.81. The molecule has 0 aromatic carbocycles. The van der Waals surface area contributed by atoms with Crippen molar-refractivity contribution in [3.8, 4) is 0 Å². The molecule has 1 atom stereocenters. The highest BCUT2D eigenvalue weighted by Crippen LogP contribution is 2.15. The standard InChI is InChI=1S/C14H27N5/c1-10(2)6-7-16-13-8-14(18-12(4)17-13)19(5)9-11(3)15/h8,10-11H,6-7,9,15H2,1-5H3,(H,16,17,18). The van der Waals surface area contributed by atoms with E-state index in [4.69, 9.17) is 5.73 Å². The van der Waals surface area contributed by atoms with Gasteiger partial charge in [0, 0.05) is 32.2 Å². The first-order chi connectivity index (χ1) is 8.88. The maximum absolute atomic E-state index is 5.82. The molecule has 0 aliphatic carbocycles. The molecule has 3 N–H and O–H groups in total. The highest BCUT2D eigenvalue weighted by Gasteiger charge is 2.08. The summed E-state index contributed by atoms with van der Waals surface area (Å²) in [5.41, 5.74) is 5.82. The fourth-order valence-corrected chi connectivity index (χ4v) is 1.85. The monoisotopic (exact) mass is 265 g/mol. The summed E-state index contributed by atoms with van der Waals surface area (Å²) in [6.45, 7) is 10.1. The largest absolute Gasteiger partial charge is 0.370 e. The second-order valence-electron chi connectivity index (χ2n) is 5.63. The minimum atomic E-state index is 0.123. The number of likely N-dealkylation sites (N-methyl/N-ethyl adjacent to an activating group) is 1. The molecule has 1 rings (SSSR count). The Kier molecular flexibility index (Phi) is 6.02. The Morgan fingerprint density at radius 1 is 1.32 bits per heavy atom. The van der Waals surface area contributed by atoms with Gasteiger partial charge >= 0.3 is 0 Å². The van der Waals surface area contributed by atoms with Crippen molar-refractivity contribution in [1.29, 1.82) is 0 Å². The maximum Gasteiger partial charge on any atom is 0.134 e. The van der Waals surface area contributed by atoms with Gasteiger partial charge in [-0.1, -0.05) is 13.8 Å². The van der Waals surface area contributed by atoms with E-state index in [1.807, 2.05) is 27.0 Å². The Labute approximate surface area is 116 Å². The third kappa shape index (κ3) is 5.87. The molecular formula is C14H27N5. The van der Waals surface area contributed by atoms with Crippen molar-refractivity contribution in [2.75, 3.05) is 30.4 Å². The van der Waals surface area contributed by atoms with Crippen LogP contribution in [0.1, 0.15) is 33.0 Å². The molecule has 5 nitrogen and oxygen atoms in total. The fourth-order valence-electron chi connectivity index (χ4n) is 1.85. The van der Waals surface area contributed by atoms with Crippen molar-refractivity contribution >= 4 is 11.6 Å². The Bertz CT molecular complexity index is 389. The minimum Gasteiger partial charge on any atom is -0.370 e. The van der Waals surface area contributed by atoms with Crippen LogP contribution in [-0.2, 0) is 0 Å². The van der Waals surface area contributed by atoms with E-state index in [0.29, 0.717) is 5.92 Å². The number of hydrogen-bond donors (Lipinski definition) is 2. The van der Waals surface area contributed by atoms with Crippen LogP contribution in [0.15, 0.2) is 6.07 Å². The fraction of sp³-hybridized carbons (Fsp3) is 0.714. The third-order valence-corrected chi connectivity index (χ3v) is 2.81. The molecule has 0 aliphatic heterocycles. The normalized spacial score (nSPS) is 12.6. The molecule has 1 unspecified atom stereocenters. The van der Waals surface area contributed by atoms with Gasteiger partial charge in [-0.05, 0) is 26.2 Å². The predicted molar refractivity (Wildman–Crippen MR) is 81.6 cm³/mol. The molecule has 5 heteroatoms. The SMILES string of the molecule is Cc1nc(NCCC(C)C)cc(N(C)CC(C)N)n1. The van der Waals surface area contributed by atoms with Crippen LogP contribution in [0, 0.1) is 12.8 Å². The summed E-state index contributed by atoms with van der Waals surface area (Å²) in [6.07, 6.45) is 1.13. The summed E-state index contributed by atoms with van der Waals surface area (Å²) in [5, 5.41) is 3.36. The quantitative estimate of drug-likeness (QED) is 0.789. The number of nitrogens with one attached hydrogen (secondary N) is 1. The van der Waals surface area contributed by atoms with Gasteiger partial charge in [0.15, 0.2) is 0 Å². The van der Waals surface area contributed by atoms with Gasteiger partial charge < -0.3 is 16.0 Å². The molecule has 0 fully saturated rings. The molecule has 0 radical (unpaired) electrons. The molecule has 0 amide bonds. The number of hydrogen-bond acceptors (Lipinski definition) is 5. The molecule has 108 valence electrons. The van der Waals surface area contributed by atoms with E-state index < -0.39 is 0 Å². The van der Waals surface area contributed by atoms with E-state index in [9.17, 15) is 0 Å². The minimum absolute atomic E-state index is 0.123. The second kappa shape index (κ2) is 7.28. The first kappa shape index (κ1) is 15.7. The first-order valence-electron chi connectivity index (χ1n) is 6.94. The van der Waals surface area contributed by atoms with E-state index in [2.05, 4.69) is 34.0 Å². The van der Waals surface area contributed by atoms with Gasteiger partial charge in [0.25, 0.3) is 0 Å². The van der Waals surface area contributed by atoms with Crippen LogP contribution in [0.25, 0.3) is 0 Å². The lowest BCUT2D eigenvalue weighted by Crippen LogP contribution is -2.33. The van der Waals surface area contributed by atoms with Gasteiger partial charge in [0.05, 0.1) is 0 Å². The number of rotatable bonds is 7. The van der Waals surface area contributed by atoms with E-state index in [1.165, 1.54) is 0 Å². The number of nitrogens with two attached hydrogens (primary N) is 1. The summed E-state index contributed by atoms with van der Waals surface area (Å²) in [6, 6.07) is 2.10. The van der Waals surface area contributed by atoms with Crippen molar-refractivity contribution < 1.29 is 0 Å². The number of aryl methyl sites for hydroxylation is 1. The Balaban J connectivity index is 2.70. The molecule has 1 aromatic heterocycles. The van der Waals surface area contributed by atoms with E-state index in [-0.39, 0.29) is 6.04 Å². The van der Waals surface area contributed by atoms with E-state index >= 15 is 0 Å². The number of aromatic nitrogens is 2. The molecule has 0 bridgehead atoms. The first-order valence-corrected chi connectivity index (χ1v) is 6.94. The summed E-state index contributed by atoms with van der Waals surface area (Å²) in [5.74, 6) is 3.27. The van der Waals surface area contributed by atoms with Crippen LogP contribution in [0.5, 0.6) is 0 Å². The summed E-state index contributed by atoms with van der Waals surface area (Å²) >= 11 is 0. The van der Waals surface area contributed by atoms with Gasteiger partial charge in [-0.25, -0.2) is 9.97 Å². The van der Waals surface area contributed by atoms with Crippen LogP contribution in [0.4, 0.5) is 11.6 Å². The van der Waals surface area contributed by atoms with Crippen LogP contribution < -0.4 is 16.0 Å². The van der Waals surface area contributed by atoms with Crippen molar-refractivity contribution in [2.45, 2.75) is 40.2 Å². The van der Waals surface area contributed by atoms with Gasteiger partial charge in [-0.15, -0.1) is 0 Å².